The Balaban J connectivity index is 0.00000312. The van der Waals surface area contributed by atoms with E-state index in [0.717, 1.165) is 18.2 Å². The standard InChI is InChI=1S/C14H16F6N2O2.2ClH/c15-13(16,17)8-11(22-5-3-21-4-6-22)10-7-9(1-2-12(10)23)24-14(18,19)20;;/h1-2,7,11,21,23H,3-6,8H2;2*1H/t11-;;/m0../s1. The maximum atomic E-state index is 12.9. The average molecular weight is 431 g/mol. The number of hydrogen-bond acceptors (Lipinski definition) is 4. The summed E-state index contributed by atoms with van der Waals surface area (Å²) in [7, 11) is 0. The zero-order chi connectivity index (χ0) is 18.0. The third-order valence-corrected chi connectivity index (χ3v) is 3.61. The van der Waals surface area contributed by atoms with E-state index in [1.165, 1.54) is 4.90 Å². The molecule has 1 atom stereocenters. The lowest BCUT2D eigenvalue weighted by molar-refractivity contribution is -0.274. The third-order valence-electron chi connectivity index (χ3n) is 3.61. The zero-order valence-corrected chi connectivity index (χ0v) is 14.9. The molecule has 0 spiro atoms. The van der Waals surface area contributed by atoms with Gasteiger partial charge in [-0.2, -0.15) is 13.2 Å². The monoisotopic (exact) mass is 430 g/mol. The Morgan fingerprint density at radius 3 is 2.15 bits per heavy atom. The second-order valence-corrected chi connectivity index (χ2v) is 5.39. The maximum absolute atomic E-state index is 12.9. The van der Waals surface area contributed by atoms with Crippen LogP contribution >= 0.6 is 24.8 Å². The van der Waals surface area contributed by atoms with Gasteiger partial charge in [0.15, 0.2) is 0 Å². The Morgan fingerprint density at radius 1 is 1.08 bits per heavy atom. The molecule has 2 rings (SSSR count). The summed E-state index contributed by atoms with van der Waals surface area (Å²) in [5.41, 5.74) is -0.240. The van der Waals surface area contributed by atoms with Crippen LogP contribution in [0.5, 0.6) is 11.5 Å². The molecule has 1 aromatic rings. The summed E-state index contributed by atoms with van der Waals surface area (Å²) in [5.74, 6) is -1.17. The fourth-order valence-electron chi connectivity index (χ4n) is 2.65. The molecule has 12 heteroatoms. The molecule has 0 aliphatic carbocycles. The first-order chi connectivity index (χ1) is 11.1. The van der Waals surface area contributed by atoms with Crippen LogP contribution in [-0.2, 0) is 0 Å². The van der Waals surface area contributed by atoms with E-state index in [1.54, 1.807) is 0 Å². The van der Waals surface area contributed by atoms with Crippen LogP contribution in [-0.4, -0.2) is 48.7 Å². The Morgan fingerprint density at radius 2 is 1.65 bits per heavy atom. The highest BCUT2D eigenvalue weighted by atomic mass is 35.5. The largest absolute Gasteiger partial charge is 0.573 e. The van der Waals surface area contributed by atoms with Gasteiger partial charge in [-0.05, 0) is 18.2 Å². The van der Waals surface area contributed by atoms with Crippen molar-refractivity contribution in [2.24, 2.45) is 0 Å². The van der Waals surface area contributed by atoms with Crippen molar-refractivity contribution < 1.29 is 36.2 Å². The topological polar surface area (TPSA) is 44.7 Å². The van der Waals surface area contributed by atoms with Gasteiger partial charge in [0.2, 0.25) is 0 Å². The Bertz CT molecular complexity index is 565. The lowest BCUT2D eigenvalue weighted by Gasteiger charge is -2.36. The zero-order valence-electron chi connectivity index (χ0n) is 13.2. The number of benzene rings is 1. The van der Waals surface area contributed by atoms with Crippen LogP contribution in [0.15, 0.2) is 18.2 Å². The summed E-state index contributed by atoms with van der Waals surface area (Å²) in [6, 6.07) is 1.28. The average Bonchev–Trinajstić information content (AvgIpc) is 2.45. The van der Waals surface area contributed by atoms with Crippen molar-refractivity contribution in [3.05, 3.63) is 23.8 Å². The highest BCUT2D eigenvalue weighted by Crippen LogP contribution is 2.39. The van der Waals surface area contributed by atoms with Gasteiger partial charge >= 0.3 is 12.5 Å². The van der Waals surface area contributed by atoms with Gasteiger partial charge in [0.25, 0.3) is 0 Å². The van der Waals surface area contributed by atoms with Crippen molar-refractivity contribution in [2.45, 2.75) is 25.0 Å². The van der Waals surface area contributed by atoms with Crippen molar-refractivity contribution in [2.75, 3.05) is 26.2 Å². The van der Waals surface area contributed by atoms with Crippen molar-refractivity contribution in [1.82, 2.24) is 10.2 Å². The van der Waals surface area contributed by atoms with E-state index < -0.39 is 36.5 Å². The first kappa shape index (κ1) is 24.9. The lowest BCUT2D eigenvalue weighted by atomic mass is 9.99. The van der Waals surface area contributed by atoms with Crippen LogP contribution in [0.2, 0.25) is 0 Å². The van der Waals surface area contributed by atoms with E-state index in [9.17, 15) is 31.4 Å². The summed E-state index contributed by atoms with van der Waals surface area (Å²) in [6.45, 7) is 1.47. The quantitative estimate of drug-likeness (QED) is 0.707. The van der Waals surface area contributed by atoms with Crippen molar-refractivity contribution in [3.63, 3.8) is 0 Å². The molecule has 152 valence electrons. The van der Waals surface area contributed by atoms with Gasteiger partial charge in [-0.3, -0.25) is 4.90 Å². The van der Waals surface area contributed by atoms with Gasteiger partial charge in [-0.1, -0.05) is 0 Å². The summed E-state index contributed by atoms with van der Waals surface area (Å²) in [5, 5.41) is 12.9. The van der Waals surface area contributed by atoms with E-state index in [0.29, 0.717) is 13.1 Å². The van der Waals surface area contributed by atoms with E-state index in [2.05, 4.69) is 10.1 Å². The van der Waals surface area contributed by atoms with E-state index in [-0.39, 0.29) is 43.5 Å². The molecule has 0 unspecified atom stereocenters. The Kier molecular flexibility index (Phi) is 9.31. The molecular formula is C14H18Cl2F6N2O2. The van der Waals surface area contributed by atoms with Crippen LogP contribution in [0, 0.1) is 0 Å². The predicted octanol–water partition coefficient (Wildman–Crippen LogP) is 4.03. The normalized spacial score (nSPS) is 17.0. The van der Waals surface area contributed by atoms with Gasteiger partial charge in [0, 0.05) is 37.8 Å². The molecular weight excluding hydrogens is 413 g/mol. The summed E-state index contributed by atoms with van der Waals surface area (Å²) in [6.07, 6.45) is -10.8. The van der Waals surface area contributed by atoms with Crippen molar-refractivity contribution in [1.29, 1.82) is 0 Å². The van der Waals surface area contributed by atoms with Crippen molar-refractivity contribution >= 4 is 24.8 Å². The third kappa shape index (κ3) is 7.65. The highest BCUT2D eigenvalue weighted by Gasteiger charge is 2.38. The number of nitrogens with one attached hydrogen (secondary N) is 1. The first-order valence-corrected chi connectivity index (χ1v) is 7.15. The summed E-state index contributed by atoms with van der Waals surface area (Å²) >= 11 is 0. The maximum Gasteiger partial charge on any atom is 0.573 e. The van der Waals surface area contributed by atoms with Crippen molar-refractivity contribution in [3.8, 4) is 11.5 Å². The second kappa shape index (κ2) is 9.72. The smallest absolute Gasteiger partial charge is 0.508 e. The number of rotatable bonds is 4. The molecule has 1 aromatic carbocycles. The van der Waals surface area contributed by atoms with Gasteiger partial charge < -0.3 is 15.2 Å². The second-order valence-electron chi connectivity index (χ2n) is 5.39. The number of ether oxygens (including phenoxy) is 1. The van der Waals surface area contributed by atoms with Gasteiger partial charge in [-0.25, -0.2) is 0 Å². The summed E-state index contributed by atoms with van der Waals surface area (Å²) in [4.78, 5) is 1.48. The molecule has 1 aliphatic rings. The van der Waals surface area contributed by atoms with Crippen LogP contribution in [0.1, 0.15) is 18.0 Å². The number of hydrogen-bond donors (Lipinski definition) is 2. The van der Waals surface area contributed by atoms with Crippen LogP contribution < -0.4 is 10.1 Å². The molecule has 1 aliphatic heterocycles. The van der Waals surface area contributed by atoms with Gasteiger partial charge in [0.05, 0.1) is 6.42 Å². The Labute approximate surface area is 158 Å². The lowest BCUT2D eigenvalue weighted by Crippen LogP contribution is -2.46. The number of alkyl halides is 6. The minimum absolute atomic E-state index is 0. The van der Waals surface area contributed by atoms with Crippen LogP contribution in [0.25, 0.3) is 0 Å². The van der Waals surface area contributed by atoms with E-state index in [1.807, 2.05) is 0 Å². The molecule has 1 saturated heterocycles. The molecule has 1 fully saturated rings. The van der Waals surface area contributed by atoms with Crippen LogP contribution in [0.3, 0.4) is 0 Å². The number of piperazine rings is 1. The van der Waals surface area contributed by atoms with Gasteiger partial charge in [0.1, 0.15) is 11.5 Å². The molecule has 0 saturated carbocycles. The molecule has 4 nitrogen and oxygen atoms in total. The highest BCUT2D eigenvalue weighted by molar-refractivity contribution is 5.85. The molecule has 0 bridgehead atoms. The number of phenols is 1. The van der Waals surface area contributed by atoms with E-state index >= 15 is 0 Å². The molecule has 2 N–H and O–H groups in total. The van der Waals surface area contributed by atoms with Crippen LogP contribution in [0.4, 0.5) is 26.3 Å². The van der Waals surface area contributed by atoms with Gasteiger partial charge in [-0.15, -0.1) is 38.0 Å². The minimum Gasteiger partial charge on any atom is -0.508 e. The fourth-order valence-corrected chi connectivity index (χ4v) is 2.65. The molecule has 1 heterocycles. The summed E-state index contributed by atoms with van der Waals surface area (Å²) < 4.78 is 79.4. The van der Waals surface area contributed by atoms with E-state index in [4.69, 9.17) is 0 Å². The molecule has 0 aromatic heterocycles. The fraction of sp³-hybridized carbons (Fsp3) is 0.571. The number of aromatic hydroxyl groups is 1. The number of phenolic OH excluding ortho intramolecular Hbond substituents is 1. The predicted molar refractivity (Wildman–Crippen MR) is 87.1 cm³/mol. The first-order valence-electron chi connectivity index (χ1n) is 7.15. The minimum atomic E-state index is -4.97. The SMILES string of the molecule is Cl.Cl.Oc1ccc(OC(F)(F)F)cc1[C@H](CC(F)(F)F)N1CCNCC1. The molecule has 0 amide bonds. The number of nitrogens with zero attached hydrogens (tertiary/aromatic N) is 1. The number of halogens is 8. The Hall–Kier alpha value is -1.10. The molecule has 26 heavy (non-hydrogen) atoms. The molecule has 0 radical (unpaired) electrons.